The molecule has 1 aromatic carbocycles. The van der Waals surface area contributed by atoms with Gasteiger partial charge >= 0.3 is 0 Å². The Bertz CT molecular complexity index is 417. The fraction of sp³-hybridized carbons (Fsp3) is 0.429. The maximum Gasteiger partial charge on any atom is 0.231 e. The molecule has 0 aromatic heterocycles. The lowest BCUT2D eigenvalue weighted by molar-refractivity contribution is -0.123. The van der Waals surface area contributed by atoms with E-state index >= 15 is 0 Å². The first-order valence-electron chi connectivity index (χ1n) is 6.26. The molecule has 1 aromatic rings. The van der Waals surface area contributed by atoms with Crippen molar-refractivity contribution in [1.82, 2.24) is 0 Å². The van der Waals surface area contributed by atoms with Gasteiger partial charge in [0.1, 0.15) is 5.75 Å². The van der Waals surface area contributed by atoms with E-state index in [1.807, 2.05) is 0 Å². The van der Waals surface area contributed by atoms with Crippen molar-refractivity contribution in [3.63, 3.8) is 0 Å². The molecule has 0 aliphatic rings. The molecule has 0 aliphatic carbocycles. The van der Waals surface area contributed by atoms with Gasteiger partial charge in [0, 0.05) is 5.69 Å². The average molecular weight is 328 g/mol. The second-order valence-corrected chi connectivity index (χ2v) is 4.68. The third-order valence-electron chi connectivity index (χ3n) is 2.41. The molecule has 0 atom stereocenters. The van der Waals surface area contributed by atoms with Crippen LogP contribution in [-0.4, -0.2) is 23.6 Å². The fourth-order valence-corrected chi connectivity index (χ4v) is 1.60. The summed E-state index contributed by atoms with van der Waals surface area (Å²) in [6, 6.07) is 7.13. The van der Waals surface area contributed by atoms with E-state index in [1.54, 1.807) is 24.3 Å². The smallest absolute Gasteiger partial charge is 0.231 e. The van der Waals surface area contributed by atoms with E-state index in [4.69, 9.17) is 4.74 Å². The predicted molar refractivity (Wildman–Crippen MR) is 78.9 cm³/mol. The molecule has 0 aliphatic heterocycles. The third-order valence-corrected chi connectivity index (χ3v) is 3.04. The van der Waals surface area contributed by atoms with Crippen LogP contribution in [0.1, 0.15) is 26.2 Å². The van der Waals surface area contributed by atoms with Crippen LogP contribution in [0.5, 0.6) is 5.75 Å². The van der Waals surface area contributed by atoms with Gasteiger partial charge in [-0.2, -0.15) is 0 Å². The molecule has 19 heavy (non-hydrogen) atoms. The summed E-state index contributed by atoms with van der Waals surface area (Å²) >= 11 is 3.02. The topological polar surface area (TPSA) is 55.4 Å². The second kappa shape index (κ2) is 8.69. The van der Waals surface area contributed by atoms with Crippen molar-refractivity contribution in [2.45, 2.75) is 26.2 Å². The van der Waals surface area contributed by atoms with Crippen molar-refractivity contribution < 1.29 is 14.3 Å². The SMILES string of the molecule is CCCCOc1ccc(NC(=O)CC(=O)CBr)cc1. The number of ether oxygens (including phenoxy) is 1. The van der Waals surface area contributed by atoms with Gasteiger partial charge in [0.05, 0.1) is 18.4 Å². The highest BCUT2D eigenvalue weighted by Crippen LogP contribution is 2.16. The molecule has 5 heteroatoms. The van der Waals surface area contributed by atoms with Crippen molar-refractivity contribution in [3.8, 4) is 5.75 Å². The Morgan fingerprint density at radius 1 is 1.26 bits per heavy atom. The molecule has 0 saturated heterocycles. The van der Waals surface area contributed by atoms with Crippen LogP contribution in [-0.2, 0) is 9.59 Å². The van der Waals surface area contributed by atoms with Gasteiger partial charge in [0.15, 0.2) is 5.78 Å². The number of carbonyl (C=O) groups is 2. The summed E-state index contributed by atoms with van der Waals surface area (Å²) in [5.74, 6) is 0.337. The van der Waals surface area contributed by atoms with Gasteiger partial charge in [-0.15, -0.1) is 0 Å². The summed E-state index contributed by atoms with van der Waals surface area (Å²) in [6.07, 6.45) is 2.00. The van der Waals surface area contributed by atoms with Crippen molar-refractivity contribution in [2.24, 2.45) is 0 Å². The predicted octanol–water partition coefficient (Wildman–Crippen LogP) is 3.16. The van der Waals surface area contributed by atoms with E-state index in [2.05, 4.69) is 28.2 Å². The van der Waals surface area contributed by atoms with Gasteiger partial charge in [0.2, 0.25) is 5.91 Å². The molecule has 0 radical (unpaired) electrons. The Morgan fingerprint density at radius 3 is 2.53 bits per heavy atom. The van der Waals surface area contributed by atoms with Crippen LogP contribution in [0.4, 0.5) is 5.69 Å². The van der Waals surface area contributed by atoms with Crippen molar-refractivity contribution in [3.05, 3.63) is 24.3 Å². The van der Waals surface area contributed by atoms with Gasteiger partial charge in [-0.25, -0.2) is 0 Å². The Hall–Kier alpha value is -1.36. The molecule has 0 spiro atoms. The summed E-state index contributed by atoms with van der Waals surface area (Å²) in [5.41, 5.74) is 0.662. The highest BCUT2D eigenvalue weighted by Gasteiger charge is 2.08. The number of nitrogens with one attached hydrogen (secondary N) is 1. The number of anilines is 1. The summed E-state index contributed by atoms with van der Waals surface area (Å²) in [4.78, 5) is 22.6. The number of alkyl halides is 1. The minimum absolute atomic E-state index is 0.111. The standard InChI is InChI=1S/C14H18BrNO3/c1-2-3-8-19-13-6-4-11(5-7-13)16-14(18)9-12(17)10-15/h4-7H,2-3,8-10H2,1H3,(H,16,18). The first-order chi connectivity index (χ1) is 9.15. The molecule has 0 heterocycles. The quantitative estimate of drug-likeness (QED) is 0.453. The second-order valence-electron chi connectivity index (χ2n) is 4.12. The first-order valence-corrected chi connectivity index (χ1v) is 7.38. The zero-order chi connectivity index (χ0) is 14.1. The summed E-state index contributed by atoms with van der Waals surface area (Å²) in [5, 5.41) is 2.86. The van der Waals surface area contributed by atoms with E-state index in [9.17, 15) is 9.59 Å². The summed E-state index contributed by atoms with van der Waals surface area (Å²) in [6.45, 7) is 2.80. The van der Waals surface area contributed by atoms with Gasteiger partial charge in [-0.1, -0.05) is 29.3 Å². The minimum Gasteiger partial charge on any atom is -0.494 e. The Labute approximate surface area is 121 Å². The summed E-state index contributed by atoms with van der Waals surface area (Å²) in [7, 11) is 0. The van der Waals surface area contributed by atoms with Gasteiger partial charge in [-0.3, -0.25) is 9.59 Å². The number of carbonyl (C=O) groups excluding carboxylic acids is 2. The molecule has 4 nitrogen and oxygen atoms in total. The van der Waals surface area contributed by atoms with E-state index in [0.29, 0.717) is 12.3 Å². The average Bonchev–Trinajstić information content (AvgIpc) is 2.40. The lowest BCUT2D eigenvalue weighted by Crippen LogP contribution is -2.16. The first kappa shape index (κ1) is 15.7. The molecule has 1 amide bonds. The number of Topliss-reactive ketones (excluding diaryl/α,β-unsaturated/α-hetero) is 1. The highest BCUT2D eigenvalue weighted by atomic mass is 79.9. The number of halogens is 1. The van der Waals surface area contributed by atoms with Gasteiger partial charge in [0.25, 0.3) is 0 Å². The van der Waals surface area contributed by atoms with Crippen molar-refractivity contribution in [2.75, 3.05) is 17.3 Å². The molecule has 0 fully saturated rings. The molecule has 0 saturated carbocycles. The van der Waals surface area contributed by atoms with Crippen LogP contribution in [0.25, 0.3) is 0 Å². The Morgan fingerprint density at radius 2 is 1.95 bits per heavy atom. The maximum atomic E-state index is 11.5. The zero-order valence-corrected chi connectivity index (χ0v) is 12.5. The number of unbranched alkanes of at least 4 members (excludes halogenated alkanes) is 1. The normalized spacial score (nSPS) is 10.0. The number of hydrogen-bond acceptors (Lipinski definition) is 3. The largest absolute Gasteiger partial charge is 0.494 e. The van der Waals surface area contributed by atoms with E-state index in [1.165, 1.54) is 0 Å². The van der Waals surface area contributed by atoms with Gasteiger partial charge < -0.3 is 10.1 Å². The molecule has 1 N–H and O–H groups in total. The molecular weight excluding hydrogens is 310 g/mol. The van der Waals surface area contributed by atoms with Crippen LogP contribution in [0.15, 0.2) is 24.3 Å². The highest BCUT2D eigenvalue weighted by molar-refractivity contribution is 9.09. The van der Waals surface area contributed by atoms with Crippen LogP contribution >= 0.6 is 15.9 Å². The lowest BCUT2D eigenvalue weighted by atomic mass is 10.2. The molecule has 104 valence electrons. The van der Waals surface area contributed by atoms with Crippen molar-refractivity contribution >= 4 is 33.3 Å². The van der Waals surface area contributed by atoms with Crippen LogP contribution < -0.4 is 10.1 Å². The lowest BCUT2D eigenvalue weighted by Gasteiger charge is -2.07. The van der Waals surface area contributed by atoms with E-state index in [-0.39, 0.29) is 23.4 Å². The van der Waals surface area contributed by atoms with Crippen LogP contribution in [0.3, 0.4) is 0 Å². The van der Waals surface area contributed by atoms with Gasteiger partial charge in [-0.05, 0) is 30.7 Å². The summed E-state index contributed by atoms with van der Waals surface area (Å²) < 4.78 is 5.52. The minimum atomic E-state index is -0.302. The zero-order valence-electron chi connectivity index (χ0n) is 10.9. The molecule has 0 bridgehead atoms. The number of rotatable bonds is 8. The number of hydrogen-bond donors (Lipinski definition) is 1. The van der Waals surface area contributed by atoms with Crippen molar-refractivity contribution in [1.29, 1.82) is 0 Å². The van der Waals surface area contributed by atoms with E-state index in [0.717, 1.165) is 18.6 Å². The maximum absolute atomic E-state index is 11.5. The Kier molecular flexibility index (Phi) is 7.18. The van der Waals surface area contributed by atoms with Crippen LogP contribution in [0, 0.1) is 0 Å². The molecule has 0 unspecified atom stereocenters. The molecule has 1 rings (SSSR count). The number of ketones is 1. The fourth-order valence-electron chi connectivity index (χ4n) is 1.40. The monoisotopic (exact) mass is 327 g/mol. The number of benzene rings is 1. The van der Waals surface area contributed by atoms with Crippen LogP contribution in [0.2, 0.25) is 0 Å². The molecular formula is C14H18BrNO3. The third kappa shape index (κ3) is 6.38. The number of amides is 1. The Balaban J connectivity index is 2.43. The van der Waals surface area contributed by atoms with E-state index < -0.39 is 0 Å².